The van der Waals surface area contributed by atoms with Crippen LogP contribution in [0.3, 0.4) is 0 Å². The molecule has 1 aliphatic heterocycles. The molecule has 29 heavy (non-hydrogen) atoms. The van der Waals surface area contributed by atoms with Crippen molar-refractivity contribution in [2.45, 2.75) is 6.42 Å². The highest BCUT2D eigenvalue weighted by atomic mass is 32.2. The largest absolute Gasteiger partial charge is 0.492 e. The van der Waals surface area contributed by atoms with E-state index in [-0.39, 0.29) is 12.3 Å². The highest BCUT2D eigenvalue weighted by Crippen LogP contribution is 2.24. The van der Waals surface area contributed by atoms with Crippen molar-refractivity contribution in [1.29, 1.82) is 0 Å². The number of benzene rings is 1. The molecule has 0 spiro atoms. The van der Waals surface area contributed by atoms with Crippen molar-refractivity contribution in [3.05, 3.63) is 59.7 Å². The molecule has 3 heterocycles. The number of aromatic nitrogens is 2. The lowest BCUT2D eigenvalue weighted by Crippen LogP contribution is -2.25. The second kappa shape index (κ2) is 9.87. The smallest absolute Gasteiger partial charge is 0.230 e. The van der Waals surface area contributed by atoms with Crippen molar-refractivity contribution in [3.8, 4) is 17.0 Å². The fourth-order valence-corrected chi connectivity index (χ4v) is 4.77. The maximum atomic E-state index is 12.4. The van der Waals surface area contributed by atoms with Crippen molar-refractivity contribution in [1.82, 2.24) is 14.9 Å². The molecule has 0 radical (unpaired) electrons. The van der Waals surface area contributed by atoms with Crippen LogP contribution in [0.1, 0.15) is 5.56 Å². The van der Waals surface area contributed by atoms with Crippen molar-refractivity contribution in [2.24, 2.45) is 0 Å². The van der Waals surface area contributed by atoms with Gasteiger partial charge in [0.2, 0.25) is 5.91 Å². The number of carbonyl (C=O) groups is 1. The van der Waals surface area contributed by atoms with E-state index in [4.69, 9.17) is 4.74 Å². The Morgan fingerprint density at radius 2 is 2.14 bits per heavy atom. The average Bonchev–Trinajstić information content (AvgIpc) is 3.41. The Labute approximate surface area is 178 Å². The van der Waals surface area contributed by atoms with Gasteiger partial charge in [0, 0.05) is 48.1 Å². The molecule has 0 saturated carbocycles. The van der Waals surface area contributed by atoms with Crippen molar-refractivity contribution < 1.29 is 9.53 Å². The summed E-state index contributed by atoms with van der Waals surface area (Å²) in [6, 6.07) is 11.5. The number of nitrogens with zero attached hydrogens (tertiary/aromatic N) is 3. The predicted molar refractivity (Wildman–Crippen MR) is 119 cm³/mol. The van der Waals surface area contributed by atoms with Crippen molar-refractivity contribution in [2.75, 3.05) is 36.6 Å². The van der Waals surface area contributed by atoms with E-state index in [0.717, 1.165) is 41.5 Å². The Kier molecular flexibility index (Phi) is 6.76. The monoisotopic (exact) mass is 426 g/mol. The fraction of sp³-hybridized carbons (Fsp3) is 0.286. The number of amides is 1. The van der Waals surface area contributed by atoms with Gasteiger partial charge >= 0.3 is 0 Å². The lowest BCUT2D eigenvalue weighted by molar-refractivity contribution is -0.115. The number of carbonyl (C=O) groups excluding carboxylic acids is 1. The highest BCUT2D eigenvalue weighted by molar-refractivity contribution is 7.99. The number of rotatable bonds is 8. The maximum absolute atomic E-state index is 12.4. The summed E-state index contributed by atoms with van der Waals surface area (Å²) in [5, 5.41) is 5.41. The van der Waals surface area contributed by atoms with Crippen LogP contribution in [0.2, 0.25) is 0 Å². The van der Waals surface area contributed by atoms with Gasteiger partial charge in [-0.15, -0.1) is 23.1 Å². The summed E-state index contributed by atoms with van der Waals surface area (Å²) < 4.78 is 5.86. The molecule has 8 heteroatoms. The Morgan fingerprint density at radius 1 is 1.24 bits per heavy atom. The van der Waals surface area contributed by atoms with Crippen LogP contribution in [0.25, 0.3) is 11.3 Å². The highest BCUT2D eigenvalue weighted by Gasteiger charge is 2.12. The first-order chi connectivity index (χ1) is 14.3. The quantitative estimate of drug-likeness (QED) is 0.591. The number of pyridine rings is 1. The van der Waals surface area contributed by atoms with Crippen LogP contribution >= 0.6 is 23.1 Å². The molecule has 3 aromatic rings. The zero-order chi connectivity index (χ0) is 19.9. The molecule has 4 rings (SSSR count). The van der Waals surface area contributed by atoms with Crippen LogP contribution in [-0.4, -0.2) is 52.1 Å². The summed E-state index contributed by atoms with van der Waals surface area (Å²) in [6.07, 6.45) is 3.74. The topological polar surface area (TPSA) is 67.3 Å². The molecule has 1 saturated heterocycles. The van der Waals surface area contributed by atoms with E-state index in [9.17, 15) is 4.79 Å². The number of ether oxygens (including phenoxy) is 1. The van der Waals surface area contributed by atoms with Gasteiger partial charge in [-0.1, -0.05) is 12.1 Å². The first-order valence-corrected chi connectivity index (χ1v) is 11.5. The van der Waals surface area contributed by atoms with Gasteiger partial charge in [0.05, 0.1) is 12.1 Å². The Morgan fingerprint density at radius 3 is 2.97 bits per heavy atom. The van der Waals surface area contributed by atoms with Gasteiger partial charge in [-0.3, -0.25) is 14.7 Å². The molecule has 0 bridgehead atoms. The number of thiazole rings is 1. The van der Waals surface area contributed by atoms with Gasteiger partial charge in [0.25, 0.3) is 0 Å². The summed E-state index contributed by atoms with van der Waals surface area (Å²) in [5.74, 6) is 3.00. The molecule has 1 amide bonds. The first-order valence-electron chi connectivity index (χ1n) is 9.44. The van der Waals surface area contributed by atoms with Crippen LogP contribution in [-0.2, 0) is 11.2 Å². The number of hydrogen-bond acceptors (Lipinski definition) is 7. The molecule has 0 unspecified atom stereocenters. The van der Waals surface area contributed by atoms with Crippen molar-refractivity contribution >= 4 is 34.1 Å². The summed E-state index contributed by atoms with van der Waals surface area (Å²) >= 11 is 3.37. The standard InChI is InChI=1S/C21H22N4O2S2/c26-20(24-21-23-19(14-29-21)17-4-6-22-7-5-17)13-16-2-1-3-18(12-16)27-10-8-25-9-11-28-15-25/h1-7,12,14H,8-11,13,15H2,(H,23,24,26). The Hall–Kier alpha value is -2.42. The minimum absolute atomic E-state index is 0.0909. The van der Waals surface area contributed by atoms with Gasteiger partial charge in [-0.25, -0.2) is 4.98 Å². The lowest BCUT2D eigenvalue weighted by Gasteiger charge is -2.14. The van der Waals surface area contributed by atoms with E-state index in [1.165, 1.54) is 17.1 Å². The van der Waals surface area contributed by atoms with E-state index < -0.39 is 0 Å². The minimum atomic E-state index is -0.0909. The van der Waals surface area contributed by atoms with Gasteiger partial charge in [-0.2, -0.15) is 0 Å². The molecule has 2 aromatic heterocycles. The minimum Gasteiger partial charge on any atom is -0.492 e. The Bertz CT molecular complexity index is 943. The third kappa shape index (κ3) is 5.79. The first kappa shape index (κ1) is 19.9. The Balaban J connectivity index is 1.28. The van der Waals surface area contributed by atoms with E-state index in [0.29, 0.717) is 11.7 Å². The van der Waals surface area contributed by atoms with E-state index >= 15 is 0 Å². The molecule has 150 valence electrons. The molecule has 1 fully saturated rings. The van der Waals surface area contributed by atoms with Crippen LogP contribution < -0.4 is 10.1 Å². The van der Waals surface area contributed by atoms with E-state index in [1.54, 1.807) is 12.4 Å². The summed E-state index contributed by atoms with van der Waals surface area (Å²) in [5.41, 5.74) is 2.73. The number of nitrogens with one attached hydrogen (secondary N) is 1. The lowest BCUT2D eigenvalue weighted by atomic mass is 10.1. The van der Waals surface area contributed by atoms with E-state index in [1.807, 2.05) is 53.5 Å². The maximum Gasteiger partial charge on any atom is 0.230 e. The molecule has 0 aliphatic carbocycles. The van der Waals surface area contributed by atoms with E-state index in [2.05, 4.69) is 20.2 Å². The van der Waals surface area contributed by atoms with Crippen LogP contribution in [0.5, 0.6) is 5.75 Å². The average molecular weight is 427 g/mol. The predicted octanol–water partition coefficient (Wildman–Crippen LogP) is 3.77. The summed E-state index contributed by atoms with van der Waals surface area (Å²) in [4.78, 5) is 23.3. The van der Waals surface area contributed by atoms with Crippen LogP contribution in [0, 0.1) is 0 Å². The zero-order valence-electron chi connectivity index (χ0n) is 15.9. The molecule has 6 nitrogen and oxygen atoms in total. The fourth-order valence-electron chi connectivity index (χ4n) is 3.00. The SMILES string of the molecule is O=C(Cc1cccc(OCCN2CCSC2)c1)Nc1nc(-c2ccncc2)cs1. The number of anilines is 1. The molecule has 1 N–H and O–H groups in total. The zero-order valence-corrected chi connectivity index (χ0v) is 17.5. The van der Waals surface area contributed by atoms with Crippen molar-refractivity contribution in [3.63, 3.8) is 0 Å². The summed E-state index contributed by atoms with van der Waals surface area (Å²) in [6.45, 7) is 2.72. The third-order valence-corrected chi connectivity index (χ3v) is 6.27. The van der Waals surface area contributed by atoms with Gasteiger partial charge in [0.1, 0.15) is 12.4 Å². The molecule has 1 aliphatic rings. The third-order valence-electron chi connectivity index (χ3n) is 4.49. The second-order valence-electron chi connectivity index (χ2n) is 6.65. The molecule has 1 aromatic carbocycles. The van der Waals surface area contributed by atoms with Gasteiger partial charge in [-0.05, 0) is 29.8 Å². The van der Waals surface area contributed by atoms with Crippen LogP contribution in [0.4, 0.5) is 5.13 Å². The van der Waals surface area contributed by atoms with Gasteiger partial charge in [0.15, 0.2) is 5.13 Å². The molecular formula is C21H22N4O2S2. The van der Waals surface area contributed by atoms with Gasteiger partial charge < -0.3 is 10.1 Å². The summed E-state index contributed by atoms with van der Waals surface area (Å²) in [7, 11) is 0. The van der Waals surface area contributed by atoms with Crippen LogP contribution in [0.15, 0.2) is 54.2 Å². The second-order valence-corrected chi connectivity index (χ2v) is 8.58. The molecular weight excluding hydrogens is 404 g/mol. The molecule has 0 atom stereocenters. The normalized spacial score (nSPS) is 14.1. The number of thioether (sulfide) groups is 1. The number of hydrogen-bond donors (Lipinski definition) is 1.